The quantitative estimate of drug-likeness (QED) is 0.421. The highest BCUT2D eigenvalue weighted by Crippen LogP contribution is 2.43. The van der Waals surface area contributed by atoms with Crippen molar-refractivity contribution in [3.63, 3.8) is 0 Å². The van der Waals surface area contributed by atoms with Gasteiger partial charge in [0.2, 0.25) is 0 Å². The molecule has 3 saturated carbocycles. The van der Waals surface area contributed by atoms with Crippen LogP contribution in [0.2, 0.25) is 0 Å². The van der Waals surface area contributed by atoms with Gasteiger partial charge < -0.3 is 0 Å². The van der Waals surface area contributed by atoms with Crippen molar-refractivity contribution in [2.24, 2.45) is 29.6 Å². The lowest BCUT2D eigenvalue weighted by Gasteiger charge is -2.37. The van der Waals surface area contributed by atoms with Crippen LogP contribution in [0.15, 0.2) is 24.3 Å². The van der Waals surface area contributed by atoms with Crippen molar-refractivity contribution in [1.29, 1.82) is 0 Å². The summed E-state index contributed by atoms with van der Waals surface area (Å²) in [4.78, 5) is 0. The van der Waals surface area contributed by atoms with E-state index in [1.54, 1.807) is 24.0 Å². The predicted molar refractivity (Wildman–Crippen MR) is 131 cm³/mol. The van der Waals surface area contributed by atoms with Crippen LogP contribution >= 0.6 is 0 Å². The van der Waals surface area contributed by atoms with Crippen LogP contribution in [0, 0.1) is 29.6 Å². The molecule has 0 spiro atoms. The molecule has 0 saturated heterocycles. The fourth-order valence-corrected chi connectivity index (χ4v) is 7.25. The molecule has 0 amide bonds. The molecule has 0 aliphatic heterocycles. The Kier molecular flexibility index (Phi) is 8.36. The molecule has 0 atom stereocenters. The van der Waals surface area contributed by atoms with E-state index in [0.717, 1.165) is 35.5 Å². The van der Waals surface area contributed by atoms with Crippen LogP contribution in [0.1, 0.15) is 127 Å². The number of aryl methyl sites for hydroxylation is 1. The molecule has 0 heterocycles. The molecule has 3 fully saturated rings. The summed E-state index contributed by atoms with van der Waals surface area (Å²) >= 11 is 0. The summed E-state index contributed by atoms with van der Waals surface area (Å²) in [5.41, 5.74) is 3.20. The van der Waals surface area contributed by atoms with E-state index >= 15 is 0 Å². The topological polar surface area (TPSA) is 0 Å². The third-order valence-electron chi connectivity index (χ3n) is 9.74. The first-order valence-electron chi connectivity index (χ1n) is 13.8. The largest absolute Gasteiger partial charge is 0.0651 e. The Morgan fingerprint density at radius 1 is 0.567 bits per heavy atom. The summed E-state index contributed by atoms with van der Waals surface area (Å²) in [5.74, 6) is 6.04. The van der Waals surface area contributed by atoms with Crippen LogP contribution in [0.4, 0.5) is 0 Å². The normalized spacial score (nSPS) is 35.3. The molecule has 1 aromatic carbocycles. The molecule has 0 bridgehead atoms. The minimum atomic E-state index is 0.838. The van der Waals surface area contributed by atoms with Crippen LogP contribution in [0.3, 0.4) is 0 Å². The second-order valence-corrected chi connectivity index (χ2v) is 11.4. The molecule has 0 nitrogen and oxygen atoms in total. The number of benzene rings is 1. The molecular formula is C30H48. The molecular weight excluding hydrogens is 360 g/mol. The lowest BCUT2D eigenvalue weighted by atomic mass is 9.68. The van der Waals surface area contributed by atoms with E-state index in [4.69, 9.17) is 0 Å². The van der Waals surface area contributed by atoms with Gasteiger partial charge >= 0.3 is 0 Å². The highest BCUT2D eigenvalue weighted by atomic mass is 14.4. The minimum absolute atomic E-state index is 0.838. The molecule has 0 N–H and O–H groups in total. The van der Waals surface area contributed by atoms with E-state index in [2.05, 4.69) is 38.1 Å². The highest BCUT2D eigenvalue weighted by Gasteiger charge is 2.30. The van der Waals surface area contributed by atoms with Gasteiger partial charge in [-0.25, -0.2) is 0 Å². The third kappa shape index (κ3) is 5.92. The molecule has 0 radical (unpaired) electrons. The maximum absolute atomic E-state index is 2.47. The summed E-state index contributed by atoms with van der Waals surface area (Å²) in [7, 11) is 0. The van der Waals surface area contributed by atoms with Gasteiger partial charge in [-0.2, -0.15) is 0 Å². The second kappa shape index (κ2) is 11.2. The molecule has 0 unspecified atom stereocenters. The van der Waals surface area contributed by atoms with Crippen molar-refractivity contribution in [2.45, 2.75) is 122 Å². The lowest BCUT2D eigenvalue weighted by Crippen LogP contribution is -2.25. The van der Waals surface area contributed by atoms with Gasteiger partial charge in [0.05, 0.1) is 0 Å². The zero-order valence-corrected chi connectivity index (χ0v) is 20.1. The average molecular weight is 409 g/mol. The van der Waals surface area contributed by atoms with Crippen LogP contribution in [0.25, 0.3) is 0 Å². The number of hydrogen-bond acceptors (Lipinski definition) is 0. The summed E-state index contributed by atoms with van der Waals surface area (Å²) in [6.07, 6.45) is 23.5. The molecule has 4 rings (SSSR count). The van der Waals surface area contributed by atoms with E-state index < -0.39 is 0 Å². The summed E-state index contributed by atoms with van der Waals surface area (Å²) < 4.78 is 0. The van der Waals surface area contributed by atoms with Crippen molar-refractivity contribution in [1.82, 2.24) is 0 Å². The number of rotatable bonds is 7. The van der Waals surface area contributed by atoms with Gasteiger partial charge in [0.25, 0.3) is 0 Å². The van der Waals surface area contributed by atoms with E-state index in [0.29, 0.717) is 0 Å². The second-order valence-electron chi connectivity index (χ2n) is 11.4. The van der Waals surface area contributed by atoms with Crippen molar-refractivity contribution in [3.05, 3.63) is 35.4 Å². The molecule has 0 heteroatoms. The van der Waals surface area contributed by atoms with Crippen LogP contribution in [-0.2, 0) is 6.42 Å². The van der Waals surface area contributed by atoms with E-state index in [1.807, 2.05) is 0 Å². The summed E-state index contributed by atoms with van der Waals surface area (Å²) in [6, 6.07) is 9.85. The van der Waals surface area contributed by atoms with Gasteiger partial charge in [0.15, 0.2) is 0 Å². The molecule has 30 heavy (non-hydrogen) atoms. The fraction of sp³-hybridized carbons (Fsp3) is 0.800. The Balaban J connectivity index is 1.16. The number of hydrogen-bond donors (Lipinski definition) is 0. The van der Waals surface area contributed by atoms with E-state index in [-0.39, 0.29) is 0 Å². The van der Waals surface area contributed by atoms with E-state index in [1.165, 1.54) is 89.9 Å². The molecule has 3 aliphatic carbocycles. The first-order chi connectivity index (χ1) is 14.7. The minimum Gasteiger partial charge on any atom is -0.0651 e. The zero-order valence-electron chi connectivity index (χ0n) is 20.1. The van der Waals surface area contributed by atoms with Gasteiger partial charge in [-0.05, 0) is 111 Å². The van der Waals surface area contributed by atoms with Crippen molar-refractivity contribution < 1.29 is 0 Å². The third-order valence-corrected chi connectivity index (χ3v) is 9.74. The predicted octanol–water partition coefficient (Wildman–Crippen LogP) is 9.33. The van der Waals surface area contributed by atoms with Crippen molar-refractivity contribution in [2.75, 3.05) is 0 Å². The monoisotopic (exact) mass is 408 g/mol. The Hall–Kier alpha value is -0.780. The highest BCUT2D eigenvalue weighted by molar-refractivity contribution is 5.26. The molecule has 3 aliphatic rings. The maximum atomic E-state index is 2.47. The fourth-order valence-electron chi connectivity index (χ4n) is 7.25. The first kappa shape index (κ1) is 22.4. The van der Waals surface area contributed by atoms with Gasteiger partial charge in [0, 0.05) is 0 Å². The van der Waals surface area contributed by atoms with Crippen molar-refractivity contribution in [3.8, 4) is 0 Å². The van der Waals surface area contributed by atoms with Crippen LogP contribution < -0.4 is 0 Å². The zero-order chi connectivity index (χ0) is 20.8. The Morgan fingerprint density at radius 3 is 1.53 bits per heavy atom. The Morgan fingerprint density at radius 2 is 1.03 bits per heavy atom. The van der Waals surface area contributed by atoms with Crippen molar-refractivity contribution >= 4 is 0 Å². The maximum Gasteiger partial charge on any atom is -0.0162 e. The van der Waals surface area contributed by atoms with E-state index in [9.17, 15) is 0 Å². The standard InChI is InChI=1S/C30H48/c1-3-23-7-15-27(16-8-23)29-19-11-25(12-20-29)5-6-26-13-21-30(22-14-26)28-17-9-24(4-2)10-18-28/h11-12,19-20,23-24,26-28,30H,3-10,13-18,21-22H2,1-2H3/t23-,24-,26-,27-,28-,30-. The van der Waals surface area contributed by atoms with Gasteiger partial charge in [-0.1, -0.05) is 76.6 Å². The van der Waals surface area contributed by atoms with Gasteiger partial charge in [0.1, 0.15) is 0 Å². The Labute approximate surface area is 187 Å². The molecule has 168 valence electrons. The van der Waals surface area contributed by atoms with Gasteiger partial charge in [-0.3, -0.25) is 0 Å². The Bertz CT molecular complexity index is 589. The molecule has 0 aromatic heterocycles. The molecule has 1 aromatic rings. The summed E-state index contributed by atoms with van der Waals surface area (Å²) in [5, 5.41) is 0. The summed E-state index contributed by atoms with van der Waals surface area (Å²) in [6.45, 7) is 4.76. The van der Waals surface area contributed by atoms with Gasteiger partial charge in [-0.15, -0.1) is 0 Å². The van der Waals surface area contributed by atoms with Crippen LogP contribution in [0.5, 0.6) is 0 Å². The SMILES string of the molecule is CC[C@H]1CC[C@H](c2ccc(CC[C@H]3CC[C@H]([C@H]4CC[C@H](CC)CC4)CC3)cc2)CC1. The first-order valence-corrected chi connectivity index (χ1v) is 13.8. The average Bonchev–Trinajstić information content (AvgIpc) is 2.83. The smallest absolute Gasteiger partial charge is 0.0162 e. The van der Waals surface area contributed by atoms with Crippen LogP contribution in [-0.4, -0.2) is 0 Å². The lowest BCUT2D eigenvalue weighted by molar-refractivity contribution is 0.142.